The van der Waals surface area contributed by atoms with Crippen molar-refractivity contribution in [3.8, 4) is 0 Å². The van der Waals surface area contributed by atoms with E-state index in [4.69, 9.17) is 22.1 Å². The molecule has 0 aliphatic heterocycles. The molecule has 0 saturated heterocycles. The highest BCUT2D eigenvalue weighted by atomic mass is 35.5. The number of rotatable bonds is 5. The second kappa shape index (κ2) is 6.96. The average molecular weight is 290 g/mol. The van der Waals surface area contributed by atoms with Crippen LogP contribution < -0.4 is 5.73 Å². The summed E-state index contributed by atoms with van der Waals surface area (Å²) >= 11 is 5.86. The lowest BCUT2D eigenvalue weighted by Gasteiger charge is -2.05. The molecular weight excluding hydrogens is 274 g/mol. The van der Waals surface area contributed by atoms with Crippen LogP contribution in [0.5, 0.6) is 0 Å². The number of esters is 1. The SMILES string of the molecule is Nc1ccc(CCC(=O)OCc2cccc(Cl)c2)cc1. The Bertz CT molecular complexity index is 581. The van der Waals surface area contributed by atoms with E-state index < -0.39 is 0 Å². The molecule has 0 spiro atoms. The van der Waals surface area contributed by atoms with Gasteiger partial charge in [0, 0.05) is 17.1 Å². The zero-order valence-electron chi connectivity index (χ0n) is 11.0. The van der Waals surface area contributed by atoms with Crippen molar-refractivity contribution in [1.29, 1.82) is 0 Å². The molecule has 0 unspecified atom stereocenters. The summed E-state index contributed by atoms with van der Waals surface area (Å²) in [6.45, 7) is 0.251. The molecule has 2 rings (SSSR count). The lowest BCUT2D eigenvalue weighted by atomic mass is 10.1. The molecule has 0 radical (unpaired) electrons. The maximum absolute atomic E-state index is 11.7. The molecule has 0 atom stereocenters. The molecule has 0 bridgehead atoms. The molecule has 2 aromatic carbocycles. The summed E-state index contributed by atoms with van der Waals surface area (Å²) in [5, 5.41) is 0.639. The Morgan fingerprint density at radius 1 is 1.10 bits per heavy atom. The molecular formula is C16H16ClNO2. The molecule has 0 heterocycles. The van der Waals surface area contributed by atoms with Crippen LogP contribution in [0.4, 0.5) is 5.69 Å². The lowest BCUT2D eigenvalue weighted by Crippen LogP contribution is -2.06. The topological polar surface area (TPSA) is 52.3 Å². The Morgan fingerprint density at radius 2 is 1.85 bits per heavy atom. The highest BCUT2D eigenvalue weighted by Crippen LogP contribution is 2.12. The lowest BCUT2D eigenvalue weighted by molar-refractivity contribution is -0.144. The Morgan fingerprint density at radius 3 is 2.55 bits per heavy atom. The summed E-state index contributed by atoms with van der Waals surface area (Å²) in [6.07, 6.45) is 0.999. The molecule has 2 aromatic rings. The van der Waals surface area contributed by atoms with Gasteiger partial charge in [0.25, 0.3) is 0 Å². The number of carbonyl (C=O) groups excluding carboxylic acids is 1. The summed E-state index contributed by atoms with van der Waals surface area (Å²) < 4.78 is 5.21. The van der Waals surface area contributed by atoms with Crippen LogP contribution in [-0.2, 0) is 22.6 Å². The van der Waals surface area contributed by atoms with Crippen LogP contribution in [0.1, 0.15) is 17.5 Å². The molecule has 104 valence electrons. The van der Waals surface area contributed by atoms with Gasteiger partial charge in [-0.1, -0.05) is 35.9 Å². The predicted molar refractivity (Wildman–Crippen MR) is 80.4 cm³/mol. The average Bonchev–Trinajstić information content (AvgIpc) is 2.45. The summed E-state index contributed by atoms with van der Waals surface area (Å²) in [5.74, 6) is -0.221. The van der Waals surface area contributed by atoms with E-state index >= 15 is 0 Å². The van der Waals surface area contributed by atoms with Crippen molar-refractivity contribution in [1.82, 2.24) is 0 Å². The van der Waals surface area contributed by atoms with Gasteiger partial charge < -0.3 is 10.5 Å². The number of nitrogen functional groups attached to an aromatic ring is 1. The minimum atomic E-state index is -0.221. The van der Waals surface area contributed by atoms with Gasteiger partial charge in [-0.3, -0.25) is 4.79 Å². The van der Waals surface area contributed by atoms with Crippen molar-refractivity contribution in [2.24, 2.45) is 0 Å². The van der Waals surface area contributed by atoms with Crippen molar-refractivity contribution >= 4 is 23.3 Å². The summed E-state index contributed by atoms with van der Waals surface area (Å²) in [6, 6.07) is 14.8. The highest BCUT2D eigenvalue weighted by molar-refractivity contribution is 6.30. The number of aryl methyl sites for hydroxylation is 1. The quantitative estimate of drug-likeness (QED) is 0.676. The number of carbonyl (C=O) groups is 1. The van der Waals surface area contributed by atoms with Gasteiger partial charge in [-0.2, -0.15) is 0 Å². The zero-order chi connectivity index (χ0) is 14.4. The van der Waals surface area contributed by atoms with Gasteiger partial charge in [0.15, 0.2) is 0 Å². The normalized spacial score (nSPS) is 10.2. The van der Waals surface area contributed by atoms with Crippen LogP contribution in [0, 0.1) is 0 Å². The number of halogens is 1. The smallest absolute Gasteiger partial charge is 0.306 e. The Hall–Kier alpha value is -2.00. The van der Waals surface area contributed by atoms with Crippen LogP contribution in [0.2, 0.25) is 5.02 Å². The molecule has 0 amide bonds. The second-order valence-corrected chi connectivity index (χ2v) is 4.97. The van der Waals surface area contributed by atoms with Crippen LogP contribution in [0.25, 0.3) is 0 Å². The first-order valence-corrected chi connectivity index (χ1v) is 6.76. The van der Waals surface area contributed by atoms with E-state index in [1.54, 1.807) is 12.1 Å². The van der Waals surface area contributed by atoms with Gasteiger partial charge in [-0.05, 0) is 41.8 Å². The summed E-state index contributed by atoms with van der Waals surface area (Å²) in [7, 11) is 0. The minimum Gasteiger partial charge on any atom is -0.461 e. The number of anilines is 1. The minimum absolute atomic E-state index is 0.221. The third-order valence-electron chi connectivity index (χ3n) is 2.89. The van der Waals surface area contributed by atoms with E-state index in [9.17, 15) is 4.79 Å². The molecule has 20 heavy (non-hydrogen) atoms. The van der Waals surface area contributed by atoms with Gasteiger partial charge in [0.2, 0.25) is 0 Å². The zero-order valence-corrected chi connectivity index (χ0v) is 11.8. The van der Waals surface area contributed by atoms with Crippen molar-refractivity contribution in [2.75, 3.05) is 5.73 Å². The Kier molecular flexibility index (Phi) is 5.02. The first-order chi connectivity index (χ1) is 9.63. The molecule has 2 N–H and O–H groups in total. The van der Waals surface area contributed by atoms with E-state index in [2.05, 4.69) is 0 Å². The molecule has 0 saturated carbocycles. The molecule has 0 aromatic heterocycles. The van der Waals surface area contributed by atoms with Gasteiger partial charge >= 0.3 is 5.97 Å². The number of ether oxygens (including phenoxy) is 1. The number of hydrogen-bond donors (Lipinski definition) is 1. The van der Waals surface area contributed by atoms with Gasteiger partial charge in [-0.15, -0.1) is 0 Å². The first-order valence-electron chi connectivity index (χ1n) is 6.38. The van der Waals surface area contributed by atoms with Gasteiger partial charge in [0.1, 0.15) is 6.61 Å². The number of nitrogens with two attached hydrogens (primary N) is 1. The van der Waals surface area contributed by atoms with Crippen LogP contribution >= 0.6 is 11.6 Å². The maximum Gasteiger partial charge on any atom is 0.306 e. The van der Waals surface area contributed by atoms with Crippen LogP contribution in [-0.4, -0.2) is 5.97 Å². The number of hydrogen-bond acceptors (Lipinski definition) is 3. The van der Waals surface area contributed by atoms with E-state index in [-0.39, 0.29) is 12.6 Å². The van der Waals surface area contributed by atoms with E-state index in [1.807, 2.05) is 36.4 Å². The summed E-state index contributed by atoms with van der Waals surface area (Å²) in [4.78, 5) is 11.7. The maximum atomic E-state index is 11.7. The van der Waals surface area contributed by atoms with Crippen molar-refractivity contribution in [3.05, 3.63) is 64.7 Å². The third kappa shape index (κ3) is 4.59. The fourth-order valence-electron chi connectivity index (χ4n) is 1.79. The second-order valence-electron chi connectivity index (χ2n) is 4.53. The fraction of sp³-hybridized carbons (Fsp3) is 0.188. The molecule has 0 aliphatic rings. The first kappa shape index (κ1) is 14.4. The standard InChI is InChI=1S/C16H16ClNO2/c17-14-3-1-2-13(10-14)11-20-16(19)9-6-12-4-7-15(18)8-5-12/h1-5,7-8,10H,6,9,11,18H2. The monoisotopic (exact) mass is 289 g/mol. The van der Waals surface area contributed by atoms with E-state index in [0.29, 0.717) is 17.9 Å². The largest absolute Gasteiger partial charge is 0.461 e. The van der Waals surface area contributed by atoms with Crippen molar-refractivity contribution < 1.29 is 9.53 Å². The van der Waals surface area contributed by atoms with Crippen LogP contribution in [0.15, 0.2) is 48.5 Å². The Labute approximate surface area is 123 Å². The highest BCUT2D eigenvalue weighted by Gasteiger charge is 2.04. The Balaban J connectivity index is 1.77. The van der Waals surface area contributed by atoms with Gasteiger partial charge in [-0.25, -0.2) is 0 Å². The number of benzene rings is 2. The van der Waals surface area contributed by atoms with Crippen molar-refractivity contribution in [3.63, 3.8) is 0 Å². The van der Waals surface area contributed by atoms with Crippen LogP contribution in [0.3, 0.4) is 0 Å². The van der Waals surface area contributed by atoms with E-state index in [0.717, 1.165) is 16.8 Å². The third-order valence-corrected chi connectivity index (χ3v) is 3.12. The van der Waals surface area contributed by atoms with E-state index in [1.165, 1.54) is 0 Å². The van der Waals surface area contributed by atoms with Gasteiger partial charge in [0.05, 0.1) is 0 Å². The molecule has 3 nitrogen and oxygen atoms in total. The predicted octanol–water partition coefficient (Wildman–Crippen LogP) is 3.60. The summed E-state index contributed by atoms with van der Waals surface area (Å²) in [5.41, 5.74) is 8.28. The molecule has 0 fully saturated rings. The molecule has 4 heteroatoms. The fourth-order valence-corrected chi connectivity index (χ4v) is 2.01. The molecule has 0 aliphatic carbocycles. The van der Waals surface area contributed by atoms with Crippen molar-refractivity contribution in [2.45, 2.75) is 19.4 Å².